The van der Waals surface area contributed by atoms with Crippen LogP contribution in [0, 0.1) is 0 Å². The molecule has 0 spiro atoms. The first-order valence-corrected chi connectivity index (χ1v) is 8.23. The highest BCUT2D eigenvalue weighted by atomic mass is 16.5. The van der Waals surface area contributed by atoms with Crippen LogP contribution in [0.25, 0.3) is 0 Å². The van der Waals surface area contributed by atoms with E-state index in [9.17, 15) is 4.79 Å². The SMILES string of the molecule is COc1ncnc(OC)c1C(=O)NCCN1CCc2ccccc2C1. The Balaban J connectivity index is 1.57. The Morgan fingerprint density at radius 1 is 1.16 bits per heavy atom. The molecule has 0 atom stereocenters. The van der Waals surface area contributed by atoms with Crippen LogP contribution in [-0.4, -0.2) is 54.6 Å². The van der Waals surface area contributed by atoms with E-state index in [1.54, 1.807) is 0 Å². The van der Waals surface area contributed by atoms with Crippen molar-refractivity contribution in [2.24, 2.45) is 0 Å². The third-order valence-electron chi connectivity index (χ3n) is 4.31. The van der Waals surface area contributed by atoms with Crippen LogP contribution in [0.15, 0.2) is 30.6 Å². The number of benzene rings is 1. The summed E-state index contributed by atoms with van der Waals surface area (Å²) in [5.41, 5.74) is 3.00. The molecule has 1 aromatic carbocycles. The zero-order valence-electron chi connectivity index (χ0n) is 14.5. The minimum absolute atomic E-state index is 0.205. The predicted molar refractivity (Wildman–Crippen MR) is 92.9 cm³/mol. The van der Waals surface area contributed by atoms with Gasteiger partial charge in [-0.2, -0.15) is 0 Å². The van der Waals surface area contributed by atoms with E-state index in [-0.39, 0.29) is 23.2 Å². The van der Waals surface area contributed by atoms with Gasteiger partial charge >= 0.3 is 0 Å². The maximum Gasteiger partial charge on any atom is 0.262 e. The largest absolute Gasteiger partial charge is 0.480 e. The van der Waals surface area contributed by atoms with Gasteiger partial charge in [-0.05, 0) is 17.5 Å². The van der Waals surface area contributed by atoms with Crippen LogP contribution < -0.4 is 14.8 Å². The molecule has 1 N–H and O–H groups in total. The fourth-order valence-electron chi connectivity index (χ4n) is 3.02. The van der Waals surface area contributed by atoms with Gasteiger partial charge in [-0.1, -0.05) is 24.3 Å². The van der Waals surface area contributed by atoms with Gasteiger partial charge in [0.25, 0.3) is 5.91 Å². The Bertz CT molecular complexity index is 729. The van der Waals surface area contributed by atoms with Crippen molar-refractivity contribution in [1.82, 2.24) is 20.2 Å². The second-order valence-corrected chi connectivity index (χ2v) is 5.82. The molecule has 0 unspecified atom stereocenters. The summed E-state index contributed by atoms with van der Waals surface area (Å²) in [7, 11) is 2.92. The molecule has 132 valence electrons. The number of fused-ring (bicyclic) bond motifs is 1. The van der Waals surface area contributed by atoms with E-state index < -0.39 is 0 Å². The average Bonchev–Trinajstić information content (AvgIpc) is 2.67. The maximum atomic E-state index is 12.5. The molecule has 7 nitrogen and oxygen atoms in total. The monoisotopic (exact) mass is 342 g/mol. The summed E-state index contributed by atoms with van der Waals surface area (Å²) in [5.74, 6) is 0.110. The molecule has 1 aliphatic rings. The molecule has 0 fully saturated rings. The van der Waals surface area contributed by atoms with Crippen molar-refractivity contribution in [3.8, 4) is 11.8 Å². The molecule has 7 heteroatoms. The number of nitrogens with one attached hydrogen (secondary N) is 1. The third-order valence-corrected chi connectivity index (χ3v) is 4.31. The lowest BCUT2D eigenvalue weighted by atomic mass is 10.00. The maximum absolute atomic E-state index is 12.5. The predicted octanol–water partition coefficient (Wildman–Crippen LogP) is 1.28. The first-order chi connectivity index (χ1) is 12.2. The lowest BCUT2D eigenvalue weighted by Crippen LogP contribution is -2.38. The van der Waals surface area contributed by atoms with Crippen molar-refractivity contribution < 1.29 is 14.3 Å². The first-order valence-electron chi connectivity index (χ1n) is 8.23. The second-order valence-electron chi connectivity index (χ2n) is 5.82. The molecular formula is C18H22N4O3. The number of hydrogen-bond donors (Lipinski definition) is 1. The van der Waals surface area contributed by atoms with Crippen molar-refractivity contribution in [3.63, 3.8) is 0 Å². The molecule has 2 aromatic rings. The van der Waals surface area contributed by atoms with Gasteiger partial charge in [0, 0.05) is 26.2 Å². The minimum atomic E-state index is -0.299. The number of ether oxygens (including phenoxy) is 2. The summed E-state index contributed by atoms with van der Waals surface area (Å²) in [6.07, 6.45) is 2.35. The molecule has 25 heavy (non-hydrogen) atoms. The van der Waals surface area contributed by atoms with E-state index in [2.05, 4.69) is 44.5 Å². The number of hydrogen-bond acceptors (Lipinski definition) is 6. The van der Waals surface area contributed by atoms with Crippen molar-refractivity contribution in [3.05, 3.63) is 47.3 Å². The quantitative estimate of drug-likeness (QED) is 0.852. The van der Waals surface area contributed by atoms with E-state index in [0.717, 1.165) is 26.1 Å². The van der Waals surface area contributed by atoms with Gasteiger partial charge in [0.2, 0.25) is 11.8 Å². The van der Waals surface area contributed by atoms with Gasteiger partial charge in [-0.25, -0.2) is 9.97 Å². The van der Waals surface area contributed by atoms with E-state index in [4.69, 9.17) is 9.47 Å². The highest BCUT2D eigenvalue weighted by Crippen LogP contribution is 2.23. The number of carbonyl (C=O) groups excluding carboxylic acids is 1. The fourth-order valence-corrected chi connectivity index (χ4v) is 3.02. The number of aromatic nitrogens is 2. The van der Waals surface area contributed by atoms with Crippen molar-refractivity contribution in [2.45, 2.75) is 13.0 Å². The summed E-state index contributed by atoms with van der Waals surface area (Å²) in [5, 5.41) is 2.90. The van der Waals surface area contributed by atoms with Crippen LogP contribution in [0.3, 0.4) is 0 Å². The molecule has 0 bridgehead atoms. The third kappa shape index (κ3) is 3.88. The van der Waals surface area contributed by atoms with E-state index in [1.165, 1.54) is 31.7 Å². The summed E-state index contributed by atoms with van der Waals surface area (Å²) < 4.78 is 10.3. The number of carbonyl (C=O) groups is 1. The Labute approximate surface area is 147 Å². The number of amides is 1. The lowest BCUT2D eigenvalue weighted by Gasteiger charge is -2.28. The van der Waals surface area contributed by atoms with Crippen LogP contribution in [0.2, 0.25) is 0 Å². The Morgan fingerprint density at radius 2 is 1.84 bits per heavy atom. The zero-order chi connectivity index (χ0) is 17.6. The number of methoxy groups -OCH3 is 2. The summed E-state index contributed by atoms with van der Waals surface area (Å²) >= 11 is 0. The molecule has 1 amide bonds. The number of rotatable bonds is 6. The van der Waals surface area contributed by atoms with Crippen LogP contribution in [0.4, 0.5) is 0 Å². The van der Waals surface area contributed by atoms with Crippen LogP contribution in [-0.2, 0) is 13.0 Å². The van der Waals surface area contributed by atoms with E-state index in [0.29, 0.717) is 6.54 Å². The molecule has 2 heterocycles. The van der Waals surface area contributed by atoms with Gasteiger partial charge < -0.3 is 14.8 Å². The topological polar surface area (TPSA) is 76.6 Å². The molecular weight excluding hydrogens is 320 g/mol. The standard InChI is InChI=1S/C18H22N4O3/c1-24-17-15(18(25-2)21-12-20-17)16(23)19-8-10-22-9-7-13-5-3-4-6-14(13)11-22/h3-6,12H,7-11H2,1-2H3,(H,19,23). The highest BCUT2D eigenvalue weighted by molar-refractivity contribution is 5.98. The zero-order valence-corrected chi connectivity index (χ0v) is 14.5. The summed E-state index contributed by atoms with van der Waals surface area (Å²) in [6.45, 7) is 3.21. The van der Waals surface area contributed by atoms with Gasteiger partial charge in [0.05, 0.1) is 14.2 Å². The first kappa shape index (κ1) is 17.2. The van der Waals surface area contributed by atoms with E-state index in [1.807, 2.05) is 0 Å². The molecule has 3 rings (SSSR count). The van der Waals surface area contributed by atoms with Gasteiger partial charge in [0.15, 0.2) is 5.56 Å². The van der Waals surface area contributed by atoms with Crippen molar-refractivity contribution in [2.75, 3.05) is 33.9 Å². The van der Waals surface area contributed by atoms with Crippen molar-refractivity contribution >= 4 is 5.91 Å². The molecule has 1 aliphatic heterocycles. The Morgan fingerprint density at radius 3 is 2.52 bits per heavy atom. The smallest absolute Gasteiger partial charge is 0.262 e. The molecule has 0 saturated carbocycles. The van der Waals surface area contributed by atoms with Crippen LogP contribution in [0.5, 0.6) is 11.8 Å². The van der Waals surface area contributed by atoms with Crippen molar-refractivity contribution in [1.29, 1.82) is 0 Å². The summed E-state index contributed by atoms with van der Waals surface area (Å²) in [4.78, 5) is 22.7. The van der Waals surface area contributed by atoms with Crippen LogP contribution in [0.1, 0.15) is 21.5 Å². The highest BCUT2D eigenvalue weighted by Gasteiger charge is 2.21. The molecule has 1 aromatic heterocycles. The van der Waals surface area contributed by atoms with Crippen LogP contribution >= 0.6 is 0 Å². The minimum Gasteiger partial charge on any atom is -0.480 e. The Hall–Kier alpha value is -2.67. The normalized spacial score (nSPS) is 13.8. The molecule has 0 aliphatic carbocycles. The fraction of sp³-hybridized carbons (Fsp3) is 0.389. The van der Waals surface area contributed by atoms with Gasteiger partial charge in [-0.15, -0.1) is 0 Å². The van der Waals surface area contributed by atoms with E-state index >= 15 is 0 Å². The van der Waals surface area contributed by atoms with Gasteiger partial charge in [-0.3, -0.25) is 9.69 Å². The molecule has 0 radical (unpaired) electrons. The number of nitrogens with zero attached hydrogens (tertiary/aromatic N) is 3. The average molecular weight is 342 g/mol. The van der Waals surface area contributed by atoms with Gasteiger partial charge in [0.1, 0.15) is 6.33 Å². The Kier molecular flexibility index (Phi) is 5.45. The molecule has 0 saturated heterocycles. The second kappa shape index (κ2) is 7.94. The lowest BCUT2D eigenvalue weighted by molar-refractivity contribution is 0.0939. The summed E-state index contributed by atoms with van der Waals surface area (Å²) in [6, 6.07) is 8.50.